The smallest absolute Gasteiger partial charge is 0.262 e. The SMILES string of the molecule is O=NC1([N+](=O)[O-])CCCC1. The Labute approximate surface area is 57.5 Å². The molecule has 56 valence electrons. The van der Waals surface area contributed by atoms with E-state index in [-0.39, 0.29) is 0 Å². The van der Waals surface area contributed by atoms with Gasteiger partial charge < -0.3 is 0 Å². The lowest BCUT2D eigenvalue weighted by molar-refractivity contribution is -0.566. The van der Waals surface area contributed by atoms with E-state index < -0.39 is 10.6 Å². The number of hydrogen-bond acceptors (Lipinski definition) is 4. The molecule has 1 rings (SSSR count). The van der Waals surface area contributed by atoms with Crippen molar-refractivity contribution in [1.82, 2.24) is 0 Å². The van der Waals surface area contributed by atoms with Gasteiger partial charge in [0.1, 0.15) is 0 Å². The second kappa shape index (κ2) is 2.32. The van der Waals surface area contributed by atoms with Crippen molar-refractivity contribution in [3.05, 3.63) is 15.0 Å². The summed E-state index contributed by atoms with van der Waals surface area (Å²) in [6.45, 7) is 0. The number of hydrogen-bond donors (Lipinski definition) is 0. The maximum atomic E-state index is 10.3. The second-order valence-electron chi connectivity index (χ2n) is 2.54. The third kappa shape index (κ3) is 0.872. The molecule has 1 aliphatic carbocycles. The molecule has 0 spiro atoms. The fraction of sp³-hybridized carbons (Fsp3) is 1.00. The summed E-state index contributed by atoms with van der Waals surface area (Å²) in [5.74, 6) is 0. The topological polar surface area (TPSA) is 72.6 Å². The molecule has 1 saturated carbocycles. The van der Waals surface area contributed by atoms with Gasteiger partial charge in [0.25, 0.3) is 0 Å². The van der Waals surface area contributed by atoms with Crippen LogP contribution in [0.3, 0.4) is 0 Å². The van der Waals surface area contributed by atoms with Crippen molar-refractivity contribution < 1.29 is 4.92 Å². The minimum Gasteiger partial charge on any atom is -0.262 e. The number of nitro groups is 1. The summed E-state index contributed by atoms with van der Waals surface area (Å²) in [7, 11) is 0. The first-order valence-corrected chi connectivity index (χ1v) is 3.20. The van der Waals surface area contributed by atoms with Gasteiger partial charge in [0, 0.05) is 18.0 Å². The van der Waals surface area contributed by atoms with Crippen LogP contribution in [0.15, 0.2) is 5.18 Å². The van der Waals surface area contributed by atoms with Crippen LogP contribution >= 0.6 is 0 Å². The highest BCUT2D eigenvalue weighted by molar-refractivity contribution is 4.81. The van der Waals surface area contributed by atoms with Gasteiger partial charge in [-0.2, -0.15) is 0 Å². The Hall–Kier alpha value is -1.00. The number of nitrogens with zero attached hydrogens (tertiary/aromatic N) is 2. The van der Waals surface area contributed by atoms with Gasteiger partial charge in [0.05, 0.1) is 4.92 Å². The monoisotopic (exact) mass is 144 g/mol. The second-order valence-corrected chi connectivity index (χ2v) is 2.54. The first-order chi connectivity index (χ1) is 4.71. The van der Waals surface area contributed by atoms with Crippen molar-refractivity contribution in [3.63, 3.8) is 0 Å². The van der Waals surface area contributed by atoms with Crippen LogP contribution in [0.5, 0.6) is 0 Å². The highest BCUT2D eigenvalue weighted by Crippen LogP contribution is 2.33. The minimum absolute atomic E-state index is 0.309. The zero-order valence-electron chi connectivity index (χ0n) is 5.45. The molecule has 0 heterocycles. The largest absolute Gasteiger partial charge is 0.348 e. The van der Waals surface area contributed by atoms with E-state index in [0.29, 0.717) is 12.8 Å². The van der Waals surface area contributed by atoms with E-state index >= 15 is 0 Å². The lowest BCUT2D eigenvalue weighted by Crippen LogP contribution is -2.31. The fourth-order valence-electron chi connectivity index (χ4n) is 1.25. The fourth-order valence-corrected chi connectivity index (χ4v) is 1.25. The Bertz CT molecular complexity index is 162. The van der Waals surface area contributed by atoms with Gasteiger partial charge in [0.2, 0.25) is 0 Å². The van der Waals surface area contributed by atoms with Crippen molar-refractivity contribution in [2.24, 2.45) is 5.18 Å². The molecule has 0 amide bonds. The Balaban J connectivity index is 2.76. The quantitative estimate of drug-likeness (QED) is 0.333. The minimum atomic E-state index is -1.47. The molecular formula is C5H8N2O3. The van der Waals surface area contributed by atoms with E-state index in [2.05, 4.69) is 5.18 Å². The molecule has 5 heteroatoms. The molecule has 0 aromatic carbocycles. The normalized spacial score (nSPS) is 22.4. The average Bonchev–Trinajstić information content (AvgIpc) is 2.35. The van der Waals surface area contributed by atoms with Crippen molar-refractivity contribution in [2.45, 2.75) is 31.3 Å². The van der Waals surface area contributed by atoms with Crippen LogP contribution in [-0.4, -0.2) is 10.6 Å². The predicted octanol–water partition coefficient (Wildman–Crippen LogP) is 1.30. The Morgan fingerprint density at radius 2 is 1.90 bits per heavy atom. The molecule has 0 unspecified atom stereocenters. The van der Waals surface area contributed by atoms with Crippen LogP contribution in [0.2, 0.25) is 0 Å². The predicted molar refractivity (Wildman–Crippen MR) is 34.0 cm³/mol. The van der Waals surface area contributed by atoms with Crippen molar-refractivity contribution in [2.75, 3.05) is 0 Å². The lowest BCUT2D eigenvalue weighted by Gasteiger charge is -2.08. The molecular weight excluding hydrogens is 136 g/mol. The van der Waals surface area contributed by atoms with Crippen molar-refractivity contribution in [1.29, 1.82) is 0 Å². The van der Waals surface area contributed by atoms with Gasteiger partial charge in [0.15, 0.2) is 0 Å². The van der Waals surface area contributed by atoms with Gasteiger partial charge in [-0.1, -0.05) is 0 Å². The Kier molecular flexibility index (Phi) is 1.65. The number of rotatable bonds is 2. The van der Waals surface area contributed by atoms with Crippen LogP contribution in [0.25, 0.3) is 0 Å². The first-order valence-electron chi connectivity index (χ1n) is 3.20. The molecule has 10 heavy (non-hydrogen) atoms. The van der Waals surface area contributed by atoms with E-state index in [9.17, 15) is 15.0 Å². The summed E-state index contributed by atoms with van der Waals surface area (Å²) in [6, 6.07) is 0. The molecule has 0 aromatic heterocycles. The van der Waals surface area contributed by atoms with Crippen molar-refractivity contribution >= 4 is 0 Å². The first kappa shape index (κ1) is 7.11. The summed E-state index contributed by atoms with van der Waals surface area (Å²) < 4.78 is 0. The molecule has 5 nitrogen and oxygen atoms in total. The summed E-state index contributed by atoms with van der Waals surface area (Å²) in [5.41, 5.74) is -1.47. The van der Waals surface area contributed by atoms with Gasteiger partial charge in [-0.3, -0.25) is 10.1 Å². The maximum Gasteiger partial charge on any atom is 0.348 e. The van der Waals surface area contributed by atoms with Crippen molar-refractivity contribution in [3.8, 4) is 0 Å². The zero-order valence-corrected chi connectivity index (χ0v) is 5.45. The van der Waals surface area contributed by atoms with Crippen LogP contribution in [-0.2, 0) is 0 Å². The Morgan fingerprint density at radius 1 is 1.40 bits per heavy atom. The summed E-state index contributed by atoms with van der Waals surface area (Å²) in [4.78, 5) is 19.8. The molecule has 1 aliphatic rings. The van der Waals surface area contributed by atoms with Gasteiger partial charge >= 0.3 is 5.66 Å². The van der Waals surface area contributed by atoms with Crippen LogP contribution in [0.1, 0.15) is 25.7 Å². The van der Waals surface area contributed by atoms with E-state index in [0.717, 1.165) is 12.8 Å². The molecule has 0 atom stereocenters. The number of nitroso groups, excluding NO2 is 1. The average molecular weight is 144 g/mol. The molecule has 0 bridgehead atoms. The van der Waals surface area contributed by atoms with Gasteiger partial charge in [-0.25, -0.2) is 0 Å². The van der Waals surface area contributed by atoms with Crippen LogP contribution in [0, 0.1) is 15.0 Å². The highest BCUT2D eigenvalue weighted by atomic mass is 16.6. The summed E-state index contributed by atoms with van der Waals surface area (Å²) >= 11 is 0. The standard InChI is InChI=1S/C5H8N2O3/c8-6-5(7(9)10)3-1-2-4-5/h1-4H2. The highest BCUT2D eigenvalue weighted by Gasteiger charge is 2.47. The van der Waals surface area contributed by atoms with Crippen LogP contribution in [0.4, 0.5) is 0 Å². The lowest BCUT2D eigenvalue weighted by atomic mass is 10.1. The van der Waals surface area contributed by atoms with Crippen LogP contribution < -0.4 is 0 Å². The third-order valence-electron chi connectivity index (χ3n) is 1.91. The Morgan fingerprint density at radius 3 is 2.10 bits per heavy atom. The van der Waals surface area contributed by atoms with E-state index in [4.69, 9.17) is 0 Å². The van der Waals surface area contributed by atoms with E-state index in [1.165, 1.54) is 0 Å². The van der Waals surface area contributed by atoms with Gasteiger partial charge in [-0.05, 0) is 12.8 Å². The summed E-state index contributed by atoms with van der Waals surface area (Å²) in [6.07, 6.45) is 2.10. The molecule has 0 aromatic rings. The zero-order chi connectivity index (χ0) is 7.61. The molecule has 0 radical (unpaired) electrons. The van der Waals surface area contributed by atoms with Gasteiger partial charge in [-0.15, -0.1) is 4.91 Å². The van der Waals surface area contributed by atoms with E-state index in [1.54, 1.807) is 0 Å². The van der Waals surface area contributed by atoms with E-state index in [1.807, 2.05) is 0 Å². The third-order valence-corrected chi connectivity index (χ3v) is 1.91. The summed E-state index contributed by atoms with van der Waals surface area (Å²) in [5, 5.41) is 12.8. The molecule has 1 fully saturated rings. The molecule has 0 aliphatic heterocycles. The molecule has 0 N–H and O–H groups in total. The maximum absolute atomic E-state index is 10.3. The molecule has 0 saturated heterocycles.